The fraction of sp³-hybridized carbons (Fsp3) is 0.400. The fourth-order valence-corrected chi connectivity index (χ4v) is 5.58. The lowest BCUT2D eigenvalue weighted by atomic mass is 9.97. The number of halogens is 1. The summed E-state index contributed by atoms with van der Waals surface area (Å²) in [7, 11) is -3.52. The van der Waals surface area contributed by atoms with E-state index < -0.39 is 33.0 Å². The highest BCUT2D eigenvalue weighted by molar-refractivity contribution is 7.90. The van der Waals surface area contributed by atoms with Gasteiger partial charge in [0.25, 0.3) is 5.56 Å². The Labute approximate surface area is 192 Å². The summed E-state index contributed by atoms with van der Waals surface area (Å²) in [6.45, 7) is 0. The lowest BCUT2D eigenvalue weighted by Crippen LogP contribution is -2.43. The molecule has 32 heavy (non-hydrogen) atoms. The molecule has 0 saturated heterocycles. The average Bonchev–Trinajstić information content (AvgIpc) is 3.37. The van der Waals surface area contributed by atoms with E-state index >= 15 is 0 Å². The number of aromatic nitrogens is 3. The zero-order valence-corrected chi connectivity index (χ0v) is 19.5. The van der Waals surface area contributed by atoms with Crippen molar-refractivity contribution in [2.75, 3.05) is 11.6 Å². The number of hydrogen-bond donors (Lipinski definition) is 2. The van der Waals surface area contributed by atoms with Crippen molar-refractivity contribution in [3.8, 4) is 0 Å². The van der Waals surface area contributed by atoms with Crippen molar-refractivity contribution in [3.63, 3.8) is 0 Å². The fourth-order valence-electron chi connectivity index (χ4n) is 4.12. The zero-order chi connectivity index (χ0) is 23.0. The first-order valence-electron chi connectivity index (χ1n) is 10.0. The number of carbonyl (C=O) groups is 1. The van der Waals surface area contributed by atoms with Crippen LogP contribution in [0.25, 0.3) is 10.9 Å². The van der Waals surface area contributed by atoms with Gasteiger partial charge < -0.3 is 10.3 Å². The van der Waals surface area contributed by atoms with E-state index in [0.29, 0.717) is 10.8 Å². The van der Waals surface area contributed by atoms with Crippen LogP contribution in [-0.2, 0) is 14.6 Å². The highest BCUT2D eigenvalue weighted by Gasteiger charge is 2.30. The van der Waals surface area contributed by atoms with Crippen LogP contribution < -0.4 is 16.6 Å². The van der Waals surface area contributed by atoms with Gasteiger partial charge in [-0.3, -0.25) is 9.59 Å². The van der Waals surface area contributed by atoms with Gasteiger partial charge in [0, 0.05) is 6.26 Å². The Balaban J connectivity index is 1.80. The quantitative estimate of drug-likeness (QED) is 0.539. The predicted octanol–water partition coefficient (Wildman–Crippen LogP) is 2.96. The van der Waals surface area contributed by atoms with E-state index in [9.17, 15) is 22.8 Å². The number of carbonyl (C=O) groups excluding carboxylic acids is 1. The Morgan fingerprint density at radius 3 is 2.69 bits per heavy atom. The van der Waals surface area contributed by atoms with Gasteiger partial charge in [-0.1, -0.05) is 48.6 Å². The minimum absolute atomic E-state index is 0.0151. The molecule has 1 fully saturated rings. The van der Waals surface area contributed by atoms with Crippen molar-refractivity contribution < 1.29 is 13.2 Å². The van der Waals surface area contributed by atoms with E-state index in [4.69, 9.17) is 11.6 Å². The number of nitrogens with one attached hydrogen (secondary N) is 2. The van der Waals surface area contributed by atoms with Crippen LogP contribution in [0.5, 0.6) is 0 Å². The Hall–Kier alpha value is -2.50. The molecule has 0 spiro atoms. The van der Waals surface area contributed by atoms with E-state index in [1.54, 1.807) is 0 Å². The summed E-state index contributed by atoms with van der Waals surface area (Å²) in [6.07, 6.45) is 6.70. The first-order chi connectivity index (χ1) is 15.1. The Morgan fingerprint density at radius 1 is 1.34 bits per heavy atom. The monoisotopic (exact) mass is 496 g/mol. The third kappa shape index (κ3) is 4.64. The number of hydrogen-bond acceptors (Lipinski definition) is 7. The number of H-pyrrole nitrogens is 1. The number of fused-ring (bicyclic) bond motifs is 1. The largest absolute Gasteiger partial charge is 0.329 e. The van der Waals surface area contributed by atoms with Crippen LogP contribution in [0.3, 0.4) is 0 Å². The van der Waals surface area contributed by atoms with Crippen LogP contribution in [0, 0.1) is 5.92 Å². The first kappa shape index (κ1) is 22.7. The van der Waals surface area contributed by atoms with Gasteiger partial charge in [-0.15, -0.1) is 0 Å². The maximum Gasteiger partial charge on any atom is 0.329 e. The molecule has 12 heteroatoms. The van der Waals surface area contributed by atoms with E-state index in [1.165, 1.54) is 24.4 Å². The number of sulfone groups is 1. The van der Waals surface area contributed by atoms with Gasteiger partial charge in [-0.05, 0) is 30.5 Å². The minimum Gasteiger partial charge on any atom is -0.307 e. The van der Waals surface area contributed by atoms with Crippen molar-refractivity contribution in [1.82, 2.24) is 14.5 Å². The third-order valence-corrected chi connectivity index (χ3v) is 7.82. The summed E-state index contributed by atoms with van der Waals surface area (Å²) in [6, 6.07) is 2.87. The normalized spacial score (nSPS) is 15.8. The molecule has 170 valence electrons. The van der Waals surface area contributed by atoms with E-state index in [0.717, 1.165) is 47.8 Å². The molecule has 1 amide bonds. The topological polar surface area (TPSA) is 131 Å². The number of nitrogens with zero attached hydrogens (tertiary/aromatic N) is 2. The molecule has 0 radical (unpaired) electrons. The second-order valence-corrected chi connectivity index (χ2v) is 11.6. The lowest BCUT2D eigenvalue weighted by molar-refractivity contribution is -0.119. The molecule has 3 aromatic rings. The summed E-state index contributed by atoms with van der Waals surface area (Å²) in [5.74, 6) is -0.317. The number of thiazole rings is 1. The van der Waals surface area contributed by atoms with Gasteiger partial charge in [0.1, 0.15) is 10.4 Å². The first-order valence-corrected chi connectivity index (χ1v) is 13.1. The molecule has 2 heterocycles. The second-order valence-electron chi connectivity index (χ2n) is 7.95. The molecule has 2 aromatic heterocycles. The van der Waals surface area contributed by atoms with Crippen LogP contribution >= 0.6 is 22.9 Å². The van der Waals surface area contributed by atoms with Gasteiger partial charge in [-0.25, -0.2) is 22.8 Å². The van der Waals surface area contributed by atoms with E-state index in [-0.39, 0.29) is 26.8 Å². The van der Waals surface area contributed by atoms with Crippen molar-refractivity contribution in [1.29, 1.82) is 0 Å². The summed E-state index contributed by atoms with van der Waals surface area (Å²) in [5, 5.41) is 3.06. The van der Waals surface area contributed by atoms with Crippen LogP contribution in [0.4, 0.5) is 5.13 Å². The molecule has 1 aliphatic rings. The van der Waals surface area contributed by atoms with Crippen LogP contribution in [0.15, 0.2) is 38.9 Å². The van der Waals surface area contributed by atoms with Crippen molar-refractivity contribution in [3.05, 3.63) is 49.6 Å². The predicted molar refractivity (Wildman–Crippen MR) is 123 cm³/mol. The van der Waals surface area contributed by atoms with Crippen LogP contribution in [-0.4, -0.2) is 35.1 Å². The summed E-state index contributed by atoms with van der Waals surface area (Å²) >= 11 is 6.97. The molecule has 2 N–H and O–H groups in total. The van der Waals surface area contributed by atoms with Gasteiger partial charge in [0.05, 0.1) is 22.0 Å². The van der Waals surface area contributed by atoms with Gasteiger partial charge in [0.15, 0.2) is 15.0 Å². The summed E-state index contributed by atoms with van der Waals surface area (Å²) in [4.78, 5) is 45.9. The van der Waals surface area contributed by atoms with E-state index in [1.807, 2.05) is 0 Å². The number of aromatic amines is 1. The smallest absolute Gasteiger partial charge is 0.307 e. The number of amides is 1. The van der Waals surface area contributed by atoms with Crippen LogP contribution in [0.1, 0.15) is 38.1 Å². The molecule has 9 nitrogen and oxygen atoms in total. The highest BCUT2D eigenvalue weighted by atomic mass is 35.5. The molecule has 4 rings (SSSR count). The van der Waals surface area contributed by atoms with Crippen LogP contribution in [0.2, 0.25) is 4.34 Å². The Morgan fingerprint density at radius 2 is 2.06 bits per heavy atom. The SMILES string of the molecule is CS(=O)(=O)c1ccc2c(=O)n(C(CC3CCCC3)C(=O)Nc3ncc(Cl)s3)c(=O)[nH]c2c1. The molecular weight excluding hydrogens is 476 g/mol. The van der Waals surface area contributed by atoms with Crippen molar-refractivity contribution >= 4 is 54.7 Å². The zero-order valence-electron chi connectivity index (χ0n) is 17.1. The number of anilines is 1. The Kier molecular flexibility index (Phi) is 6.24. The lowest BCUT2D eigenvalue weighted by Gasteiger charge is -2.21. The van der Waals surface area contributed by atoms with Crippen molar-refractivity contribution in [2.45, 2.75) is 43.0 Å². The molecule has 0 aliphatic heterocycles. The molecule has 1 aliphatic carbocycles. The number of benzene rings is 1. The maximum absolute atomic E-state index is 13.3. The van der Waals surface area contributed by atoms with Gasteiger partial charge in [0.2, 0.25) is 5.91 Å². The molecule has 1 unspecified atom stereocenters. The number of rotatable bonds is 6. The standard InChI is InChI=1S/C20H21ClN4O5S2/c1-32(29,30)12-6-7-13-14(9-12)23-20(28)25(18(13)27)15(8-11-4-2-3-5-11)17(26)24-19-22-10-16(21)31-19/h6-7,9-11,15H,2-5,8H2,1H3,(H,23,28)(H,22,24,26). The highest BCUT2D eigenvalue weighted by Crippen LogP contribution is 2.32. The summed E-state index contributed by atoms with van der Waals surface area (Å²) < 4.78 is 25.0. The molecular formula is C20H21ClN4O5S2. The van der Waals surface area contributed by atoms with E-state index in [2.05, 4.69) is 15.3 Å². The van der Waals surface area contributed by atoms with Crippen molar-refractivity contribution in [2.24, 2.45) is 5.92 Å². The minimum atomic E-state index is -3.52. The summed E-state index contributed by atoms with van der Waals surface area (Å²) in [5.41, 5.74) is -1.33. The second kappa shape index (κ2) is 8.80. The Bertz CT molecular complexity index is 1400. The van der Waals surface area contributed by atoms with Gasteiger partial charge in [-0.2, -0.15) is 0 Å². The average molecular weight is 497 g/mol. The molecule has 1 aromatic carbocycles. The molecule has 0 bridgehead atoms. The molecule has 1 saturated carbocycles. The molecule has 1 atom stereocenters. The van der Waals surface area contributed by atoms with Gasteiger partial charge >= 0.3 is 5.69 Å². The third-order valence-electron chi connectivity index (χ3n) is 5.68. The maximum atomic E-state index is 13.3.